The van der Waals surface area contributed by atoms with E-state index in [0.29, 0.717) is 17.9 Å². The van der Waals surface area contributed by atoms with Crippen LogP contribution >= 0.6 is 0 Å². The number of nitrogens with zero attached hydrogens (tertiary/aromatic N) is 4. The molecule has 2 aromatic carbocycles. The van der Waals surface area contributed by atoms with Gasteiger partial charge in [-0.15, -0.1) is 0 Å². The molecule has 5 rings (SSSR count). The molecule has 2 heterocycles. The molecule has 0 spiro atoms. The molecule has 0 atom stereocenters. The lowest BCUT2D eigenvalue weighted by Gasteiger charge is -2.23. The van der Waals surface area contributed by atoms with Gasteiger partial charge < -0.3 is 10.6 Å². The van der Waals surface area contributed by atoms with Crippen molar-refractivity contribution in [2.45, 2.75) is 25.4 Å². The van der Waals surface area contributed by atoms with Crippen LogP contribution in [0.5, 0.6) is 0 Å². The molecule has 2 amide bonds. The van der Waals surface area contributed by atoms with Crippen LogP contribution in [0.3, 0.4) is 0 Å². The van der Waals surface area contributed by atoms with Gasteiger partial charge in [-0.1, -0.05) is 60.7 Å². The zero-order chi connectivity index (χ0) is 21.4. The standard InChI is InChI=1S/C24H21N5O2/c25-22(30)21-23-27-19(17-9-5-2-6-10-17)13-20(29(23)15-26-21)24(31)28(18-11-12-18)14-16-7-3-1-4-8-16/h1-10,13,15,18H,11-12,14H2,(H2,25,30). The minimum absolute atomic E-state index is 0.0489. The van der Waals surface area contributed by atoms with Crippen LogP contribution in [0.15, 0.2) is 73.1 Å². The van der Waals surface area contributed by atoms with E-state index in [1.807, 2.05) is 65.6 Å². The van der Waals surface area contributed by atoms with Crippen molar-refractivity contribution in [1.29, 1.82) is 0 Å². The highest BCUT2D eigenvalue weighted by Crippen LogP contribution is 2.31. The lowest BCUT2D eigenvalue weighted by molar-refractivity contribution is 0.0722. The molecule has 7 heteroatoms. The Labute approximate surface area is 179 Å². The topological polar surface area (TPSA) is 93.6 Å². The molecule has 0 bridgehead atoms. The number of fused-ring (bicyclic) bond motifs is 1. The van der Waals surface area contributed by atoms with Crippen LogP contribution in [0.4, 0.5) is 0 Å². The summed E-state index contributed by atoms with van der Waals surface area (Å²) in [5.74, 6) is -0.800. The molecule has 0 aliphatic heterocycles. The van der Waals surface area contributed by atoms with Crippen LogP contribution in [-0.4, -0.2) is 37.1 Å². The fraction of sp³-hybridized carbons (Fsp3) is 0.167. The zero-order valence-corrected chi connectivity index (χ0v) is 16.8. The van der Waals surface area contributed by atoms with Crippen molar-refractivity contribution in [3.8, 4) is 11.3 Å². The van der Waals surface area contributed by atoms with Crippen molar-refractivity contribution in [2.75, 3.05) is 0 Å². The number of carbonyl (C=O) groups is 2. The van der Waals surface area contributed by atoms with Crippen LogP contribution in [0.25, 0.3) is 16.9 Å². The van der Waals surface area contributed by atoms with Gasteiger partial charge in [0.15, 0.2) is 11.3 Å². The number of amides is 2. The van der Waals surface area contributed by atoms with Crippen LogP contribution < -0.4 is 5.73 Å². The molecule has 1 fully saturated rings. The number of nitrogens with two attached hydrogens (primary N) is 1. The van der Waals surface area contributed by atoms with Crippen molar-refractivity contribution >= 4 is 17.5 Å². The molecule has 0 saturated heterocycles. The van der Waals surface area contributed by atoms with Gasteiger partial charge in [0.25, 0.3) is 11.8 Å². The van der Waals surface area contributed by atoms with Gasteiger partial charge in [0.2, 0.25) is 0 Å². The van der Waals surface area contributed by atoms with Crippen LogP contribution in [0, 0.1) is 0 Å². The van der Waals surface area contributed by atoms with E-state index in [9.17, 15) is 9.59 Å². The highest BCUT2D eigenvalue weighted by Gasteiger charge is 2.34. The first kappa shape index (κ1) is 19.0. The van der Waals surface area contributed by atoms with E-state index in [-0.39, 0.29) is 23.3 Å². The van der Waals surface area contributed by atoms with Crippen LogP contribution in [0.2, 0.25) is 0 Å². The average molecular weight is 411 g/mol. The number of rotatable bonds is 6. The second kappa shape index (κ2) is 7.68. The normalized spacial score (nSPS) is 13.3. The third-order valence-electron chi connectivity index (χ3n) is 5.47. The summed E-state index contributed by atoms with van der Waals surface area (Å²) in [5.41, 5.74) is 8.76. The number of aromatic nitrogens is 3. The Kier molecular flexibility index (Phi) is 4.71. The van der Waals surface area contributed by atoms with Crippen molar-refractivity contribution in [3.63, 3.8) is 0 Å². The molecule has 4 aromatic rings. The molecule has 0 unspecified atom stereocenters. The lowest BCUT2D eigenvalue weighted by Crippen LogP contribution is -2.34. The first-order valence-electron chi connectivity index (χ1n) is 10.2. The minimum atomic E-state index is -0.679. The molecular weight excluding hydrogens is 390 g/mol. The third kappa shape index (κ3) is 3.66. The fourth-order valence-corrected chi connectivity index (χ4v) is 3.75. The zero-order valence-electron chi connectivity index (χ0n) is 16.8. The maximum atomic E-state index is 13.7. The smallest absolute Gasteiger partial charge is 0.271 e. The summed E-state index contributed by atoms with van der Waals surface area (Å²) in [5, 5.41) is 0. The number of benzene rings is 2. The summed E-state index contributed by atoms with van der Waals surface area (Å²) < 4.78 is 1.56. The molecule has 0 radical (unpaired) electrons. The van der Waals surface area contributed by atoms with Gasteiger partial charge in [-0.05, 0) is 24.5 Å². The van der Waals surface area contributed by atoms with Crippen LogP contribution in [0.1, 0.15) is 39.4 Å². The molecule has 1 saturated carbocycles. The Bertz CT molecular complexity index is 1260. The maximum Gasteiger partial charge on any atom is 0.271 e. The van der Waals surface area contributed by atoms with Gasteiger partial charge in [0, 0.05) is 18.2 Å². The predicted octanol–water partition coefficient (Wildman–Crippen LogP) is 3.30. The number of carbonyl (C=O) groups excluding carboxylic acids is 2. The highest BCUT2D eigenvalue weighted by atomic mass is 16.2. The molecule has 1 aliphatic carbocycles. The van der Waals surface area contributed by atoms with E-state index in [1.165, 1.54) is 6.33 Å². The summed E-state index contributed by atoms with van der Waals surface area (Å²) in [6.07, 6.45) is 3.40. The summed E-state index contributed by atoms with van der Waals surface area (Å²) >= 11 is 0. The first-order valence-corrected chi connectivity index (χ1v) is 10.2. The summed E-state index contributed by atoms with van der Waals surface area (Å²) in [7, 11) is 0. The minimum Gasteiger partial charge on any atom is -0.364 e. The number of primary amides is 1. The van der Waals surface area contributed by atoms with Gasteiger partial charge in [-0.2, -0.15) is 0 Å². The Morgan fingerprint density at radius 1 is 1.03 bits per heavy atom. The van der Waals surface area contributed by atoms with Gasteiger partial charge in [0.05, 0.1) is 5.69 Å². The number of imidazole rings is 1. The number of hydrogen-bond acceptors (Lipinski definition) is 4. The fourth-order valence-electron chi connectivity index (χ4n) is 3.75. The second-order valence-electron chi connectivity index (χ2n) is 7.69. The third-order valence-corrected chi connectivity index (χ3v) is 5.47. The molecule has 2 aromatic heterocycles. The SMILES string of the molecule is NC(=O)c1ncn2c(C(=O)N(Cc3ccccc3)C3CC3)cc(-c3ccccc3)nc12. The van der Waals surface area contributed by atoms with Crippen LogP contribution in [-0.2, 0) is 6.54 Å². The second-order valence-corrected chi connectivity index (χ2v) is 7.69. The maximum absolute atomic E-state index is 13.7. The quantitative estimate of drug-likeness (QED) is 0.527. The number of hydrogen-bond donors (Lipinski definition) is 1. The van der Waals surface area contributed by atoms with E-state index < -0.39 is 5.91 Å². The van der Waals surface area contributed by atoms with Gasteiger partial charge in [-0.25, -0.2) is 9.97 Å². The Hall–Kier alpha value is -4.00. The molecular formula is C24H21N5O2. The molecule has 7 nitrogen and oxygen atoms in total. The van der Waals surface area contributed by atoms with E-state index in [4.69, 9.17) is 5.73 Å². The van der Waals surface area contributed by atoms with Crippen molar-refractivity contribution in [3.05, 3.63) is 90.0 Å². The van der Waals surface area contributed by atoms with E-state index in [2.05, 4.69) is 9.97 Å². The first-order chi connectivity index (χ1) is 15.1. The lowest BCUT2D eigenvalue weighted by atomic mass is 10.1. The monoisotopic (exact) mass is 411 g/mol. The molecule has 31 heavy (non-hydrogen) atoms. The average Bonchev–Trinajstić information content (AvgIpc) is 3.55. The Morgan fingerprint density at radius 3 is 2.35 bits per heavy atom. The Balaban J connectivity index is 1.63. The molecule has 2 N–H and O–H groups in total. The van der Waals surface area contributed by atoms with E-state index in [1.54, 1.807) is 10.5 Å². The summed E-state index contributed by atoms with van der Waals surface area (Å²) in [6, 6.07) is 21.4. The molecule has 154 valence electrons. The molecule has 1 aliphatic rings. The summed E-state index contributed by atoms with van der Waals surface area (Å²) in [4.78, 5) is 36.3. The van der Waals surface area contributed by atoms with E-state index >= 15 is 0 Å². The van der Waals surface area contributed by atoms with Crippen molar-refractivity contribution < 1.29 is 9.59 Å². The Morgan fingerprint density at radius 2 is 1.71 bits per heavy atom. The summed E-state index contributed by atoms with van der Waals surface area (Å²) in [6.45, 7) is 0.520. The van der Waals surface area contributed by atoms with Crippen molar-refractivity contribution in [2.24, 2.45) is 5.73 Å². The largest absolute Gasteiger partial charge is 0.364 e. The van der Waals surface area contributed by atoms with E-state index in [0.717, 1.165) is 24.0 Å². The van der Waals surface area contributed by atoms with Gasteiger partial charge in [0.1, 0.15) is 12.0 Å². The highest BCUT2D eigenvalue weighted by molar-refractivity contribution is 5.99. The predicted molar refractivity (Wildman–Crippen MR) is 116 cm³/mol. The van der Waals surface area contributed by atoms with Gasteiger partial charge >= 0.3 is 0 Å². The van der Waals surface area contributed by atoms with Crippen molar-refractivity contribution in [1.82, 2.24) is 19.3 Å². The van der Waals surface area contributed by atoms with Gasteiger partial charge in [-0.3, -0.25) is 14.0 Å².